The Morgan fingerprint density at radius 2 is 1.81 bits per heavy atom. The summed E-state index contributed by atoms with van der Waals surface area (Å²) in [6.07, 6.45) is 1.45. The highest BCUT2D eigenvalue weighted by atomic mass is 32.2. The third-order valence-corrected chi connectivity index (χ3v) is 5.21. The van der Waals surface area contributed by atoms with E-state index >= 15 is 0 Å². The molecular formula is C18H19FN2O4S. The molecule has 0 amide bonds. The molecule has 0 N–H and O–H groups in total. The van der Waals surface area contributed by atoms with E-state index in [1.807, 2.05) is 0 Å². The molecule has 0 bridgehead atoms. The van der Waals surface area contributed by atoms with Crippen LogP contribution in [0.2, 0.25) is 0 Å². The van der Waals surface area contributed by atoms with Crippen molar-refractivity contribution < 1.29 is 22.3 Å². The summed E-state index contributed by atoms with van der Waals surface area (Å²) in [7, 11) is -0.547. The van der Waals surface area contributed by atoms with Crippen molar-refractivity contribution in [1.82, 2.24) is 4.41 Å². The second-order valence-electron chi connectivity index (χ2n) is 5.92. The van der Waals surface area contributed by atoms with Crippen molar-refractivity contribution in [3.05, 3.63) is 59.4 Å². The molecule has 1 atom stereocenters. The Kier molecular flexibility index (Phi) is 4.86. The summed E-state index contributed by atoms with van der Waals surface area (Å²) in [5.41, 5.74) is 1.92. The Balaban J connectivity index is 2.04. The van der Waals surface area contributed by atoms with E-state index in [4.69, 9.17) is 9.47 Å². The minimum Gasteiger partial charge on any atom is -0.497 e. The molecular weight excluding hydrogens is 359 g/mol. The summed E-state index contributed by atoms with van der Waals surface area (Å²) in [6, 6.07) is 10.5. The molecule has 2 aromatic rings. The number of hydrazone groups is 1. The van der Waals surface area contributed by atoms with Crippen molar-refractivity contribution in [1.29, 1.82) is 0 Å². The van der Waals surface area contributed by atoms with Crippen LogP contribution in [0, 0.1) is 5.82 Å². The van der Waals surface area contributed by atoms with Crippen molar-refractivity contribution in [3.8, 4) is 11.5 Å². The monoisotopic (exact) mass is 378 g/mol. The molecule has 0 saturated heterocycles. The second kappa shape index (κ2) is 6.95. The van der Waals surface area contributed by atoms with E-state index in [2.05, 4.69) is 5.10 Å². The average Bonchev–Trinajstić information content (AvgIpc) is 3.07. The maximum Gasteiger partial charge on any atom is 0.247 e. The predicted octanol–water partition coefficient (Wildman–Crippen LogP) is 2.95. The van der Waals surface area contributed by atoms with Gasteiger partial charge in [-0.15, -0.1) is 0 Å². The fourth-order valence-electron chi connectivity index (χ4n) is 2.94. The summed E-state index contributed by atoms with van der Waals surface area (Å²) in [4.78, 5) is 0. The lowest BCUT2D eigenvalue weighted by Crippen LogP contribution is -2.26. The highest BCUT2D eigenvalue weighted by molar-refractivity contribution is 7.88. The van der Waals surface area contributed by atoms with Gasteiger partial charge in [-0.25, -0.2) is 12.8 Å². The zero-order valence-electron chi connectivity index (χ0n) is 14.6. The number of sulfonamides is 1. The first-order valence-electron chi connectivity index (χ1n) is 7.88. The number of hydrogen-bond donors (Lipinski definition) is 0. The number of halogens is 1. The van der Waals surface area contributed by atoms with E-state index < -0.39 is 16.1 Å². The van der Waals surface area contributed by atoms with E-state index in [1.54, 1.807) is 37.4 Å². The fourth-order valence-corrected chi connectivity index (χ4v) is 3.83. The number of hydrogen-bond acceptors (Lipinski definition) is 5. The summed E-state index contributed by atoms with van der Waals surface area (Å²) >= 11 is 0. The lowest BCUT2D eigenvalue weighted by atomic mass is 9.98. The van der Waals surface area contributed by atoms with Gasteiger partial charge in [0, 0.05) is 18.1 Å². The van der Waals surface area contributed by atoms with Crippen LogP contribution < -0.4 is 9.47 Å². The van der Waals surface area contributed by atoms with E-state index in [9.17, 15) is 12.8 Å². The summed E-state index contributed by atoms with van der Waals surface area (Å²) in [5, 5.41) is 4.29. The van der Waals surface area contributed by atoms with Gasteiger partial charge in [0.2, 0.25) is 10.0 Å². The molecule has 0 radical (unpaired) electrons. The lowest BCUT2D eigenvalue weighted by molar-refractivity contribution is 0.348. The average molecular weight is 378 g/mol. The van der Waals surface area contributed by atoms with Gasteiger partial charge in [0.1, 0.15) is 17.3 Å². The predicted molar refractivity (Wildman–Crippen MR) is 96.5 cm³/mol. The van der Waals surface area contributed by atoms with Gasteiger partial charge in [0.05, 0.1) is 32.2 Å². The Hall–Kier alpha value is -2.61. The van der Waals surface area contributed by atoms with Gasteiger partial charge in [-0.3, -0.25) is 0 Å². The molecule has 0 fully saturated rings. The van der Waals surface area contributed by atoms with Gasteiger partial charge < -0.3 is 9.47 Å². The normalized spacial score (nSPS) is 17.2. The molecule has 6 nitrogen and oxygen atoms in total. The number of ether oxygens (including phenoxy) is 2. The van der Waals surface area contributed by atoms with Gasteiger partial charge in [0.25, 0.3) is 0 Å². The van der Waals surface area contributed by atoms with Crippen molar-refractivity contribution in [2.24, 2.45) is 5.10 Å². The first kappa shape index (κ1) is 18.2. The molecule has 26 heavy (non-hydrogen) atoms. The summed E-state index contributed by atoms with van der Waals surface area (Å²) < 4.78 is 49.4. The van der Waals surface area contributed by atoms with Crippen LogP contribution in [0.15, 0.2) is 47.6 Å². The van der Waals surface area contributed by atoms with E-state index in [0.717, 1.165) is 10.7 Å². The van der Waals surface area contributed by atoms with Gasteiger partial charge in [-0.05, 0) is 29.8 Å². The molecule has 1 aliphatic heterocycles. The van der Waals surface area contributed by atoms with Crippen molar-refractivity contribution in [3.63, 3.8) is 0 Å². The molecule has 0 aliphatic carbocycles. The number of rotatable bonds is 5. The molecule has 2 aromatic carbocycles. The van der Waals surface area contributed by atoms with Gasteiger partial charge in [-0.2, -0.15) is 9.52 Å². The van der Waals surface area contributed by atoms with Crippen LogP contribution in [-0.4, -0.2) is 39.0 Å². The quantitative estimate of drug-likeness (QED) is 0.802. The van der Waals surface area contributed by atoms with Gasteiger partial charge in [-0.1, -0.05) is 12.1 Å². The number of methoxy groups -OCH3 is 2. The van der Waals surface area contributed by atoms with Crippen LogP contribution >= 0.6 is 0 Å². The highest BCUT2D eigenvalue weighted by Crippen LogP contribution is 2.40. The molecule has 0 unspecified atom stereocenters. The molecule has 1 aliphatic rings. The maximum atomic E-state index is 13.2. The van der Waals surface area contributed by atoms with Crippen LogP contribution in [0.5, 0.6) is 11.5 Å². The minimum absolute atomic E-state index is 0.349. The molecule has 138 valence electrons. The fraction of sp³-hybridized carbons (Fsp3) is 0.278. The third-order valence-electron chi connectivity index (χ3n) is 4.19. The number of benzene rings is 2. The van der Waals surface area contributed by atoms with Crippen molar-refractivity contribution >= 4 is 15.7 Å². The summed E-state index contributed by atoms with van der Waals surface area (Å²) in [6.45, 7) is 0. The standard InChI is InChI=1S/C18H19FN2O4S/c1-24-14-8-9-15(18(10-14)25-2)17-11-16(20-21(17)26(3,22)23)12-4-6-13(19)7-5-12/h4-10,17H,11H2,1-3H3/t17-/m0/s1. The van der Waals surface area contributed by atoms with E-state index in [0.29, 0.717) is 34.8 Å². The molecule has 3 rings (SSSR count). The number of nitrogens with zero attached hydrogens (tertiary/aromatic N) is 2. The Bertz CT molecular complexity index is 942. The van der Waals surface area contributed by atoms with Crippen LogP contribution in [0.1, 0.15) is 23.6 Å². The van der Waals surface area contributed by atoms with Gasteiger partial charge in [0.15, 0.2) is 0 Å². The van der Waals surface area contributed by atoms with E-state index in [-0.39, 0.29) is 5.82 Å². The van der Waals surface area contributed by atoms with Crippen molar-refractivity contribution in [2.45, 2.75) is 12.5 Å². The molecule has 8 heteroatoms. The largest absolute Gasteiger partial charge is 0.497 e. The first-order chi connectivity index (χ1) is 12.3. The third kappa shape index (κ3) is 3.50. The Morgan fingerprint density at radius 1 is 1.12 bits per heavy atom. The SMILES string of the molecule is COc1ccc([C@@H]2CC(c3ccc(F)cc3)=NN2S(C)(=O)=O)c(OC)c1. The topological polar surface area (TPSA) is 68.2 Å². The van der Waals surface area contributed by atoms with Crippen LogP contribution in [0.4, 0.5) is 4.39 Å². The minimum atomic E-state index is -3.60. The molecule has 0 aromatic heterocycles. The Morgan fingerprint density at radius 3 is 2.38 bits per heavy atom. The summed E-state index contributed by atoms with van der Waals surface area (Å²) in [5.74, 6) is 0.758. The van der Waals surface area contributed by atoms with Crippen LogP contribution in [-0.2, 0) is 10.0 Å². The highest BCUT2D eigenvalue weighted by Gasteiger charge is 2.36. The van der Waals surface area contributed by atoms with Crippen LogP contribution in [0.25, 0.3) is 0 Å². The maximum absolute atomic E-state index is 13.2. The van der Waals surface area contributed by atoms with Crippen LogP contribution in [0.3, 0.4) is 0 Å². The Labute approximate surface area is 151 Å². The zero-order chi connectivity index (χ0) is 18.9. The molecule has 0 saturated carbocycles. The van der Waals surface area contributed by atoms with Gasteiger partial charge >= 0.3 is 0 Å². The second-order valence-corrected chi connectivity index (χ2v) is 7.76. The molecule has 1 heterocycles. The van der Waals surface area contributed by atoms with Crippen molar-refractivity contribution in [2.75, 3.05) is 20.5 Å². The first-order valence-corrected chi connectivity index (χ1v) is 9.73. The lowest BCUT2D eigenvalue weighted by Gasteiger charge is -2.23. The smallest absolute Gasteiger partial charge is 0.247 e. The van der Waals surface area contributed by atoms with E-state index in [1.165, 1.54) is 19.2 Å². The molecule has 0 spiro atoms. The zero-order valence-corrected chi connectivity index (χ0v) is 15.5.